The average molecular weight is 313 g/mol. The maximum Gasteiger partial charge on any atom is 0.239 e. The molecule has 0 radical (unpaired) electrons. The summed E-state index contributed by atoms with van der Waals surface area (Å²) in [4.78, 5) is 13.8. The number of hydrogen-bond acceptors (Lipinski definition) is 4. The number of ether oxygens (including phenoxy) is 1. The lowest BCUT2D eigenvalue weighted by molar-refractivity contribution is -0.132. The zero-order chi connectivity index (χ0) is 15.2. The Morgan fingerprint density at radius 2 is 2.38 bits per heavy atom. The highest BCUT2D eigenvalue weighted by Crippen LogP contribution is 2.17. The first-order chi connectivity index (χ1) is 10.1. The van der Waals surface area contributed by atoms with E-state index in [2.05, 4.69) is 5.32 Å². The van der Waals surface area contributed by atoms with Crippen molar-refractivity contribution < 1.29 is 14.6 Å². The predicted molar refractivity (Wildman–Crippen MR) is 81.6 cm³/mol. The van der Waals surface area contributed by atoms with Crippen molar-refractivity contribution in [3.63, 3.8) is 0 Å². The van der Waals surface area contributed by atoms with E-state index >= 15 is 0 Å². The minimum absolute atomic E-state index is 0.0225. The van der Waals surface area contributed by atoms with Crippen molar-refractivity contribution in [2.45, 2.75) is 25.0 Å². The van der Waals surface area contributed by atoms with E-state index in [1.54, 1.807) is 24.1 Å². The Morgan fingerprint density at radius 3 is 3.05 bits per heavy atom. The van der Waals surface area contributed by atoms with Gasteiger partial charge in [-0.2, -0.15) is 0 Å². The first-order valence-corrected chi connectivity index (χ1v) is 7.49. The summed E-state index contributed by atoms with van der Waals surface area (Å²) in [5.41, 5.74) is 0. The first kappa shape index (κ1) is 16.1. The zero-order valence-corrected chi connectivity index (χ0v) is 12.8. The van der Waals surface area contributed by atoms with Crippen LogP contribution in [0.3, 0.4) is 0 Å². The van der Waals surface area contributed by atoms with Crippen LogP contribution in [-0.4, -0.2) is 54.8 Å². The fourth-order valence-corrected chi connectivity index (χ4v) is 2.51. The molecule has 1 aromatic carbocycles. The average Bonchev–Trinajstić information content (AvgIpc) is 2.89. The fourth-order valence-electron chi connectivity index (χ4n) is 2.33. The lowest BCUT2D eigenvalue weighted by atomic mass is 10.2. The summed E-state index contributed by atoms with van der Waals surface area (Å²) in [7, 11) is 1.77. The standard InChI is InChI=1S/C15H21ClN2O3/c1-18(15(20)14-9-12(19)10-17-14)6-3-7-21-13-5-2-4-11(16)8-13/h2,4-5,8,12,14,17,19H,3,6-7,9-10H2,1H3/t12-,14+/m1/s1. The lowest BCUT2D eigenvalue weighted by Crippen LogP contribution is -2.42. The van der Waals surface area contributed by atoms with Crippen LogP contribution in [0.15, 0.2) is 24.3 Å². The molecule has 2 rings (SSSR count). The number of nitrogens with zero attached hydrogens (tertiary/aromatic N) is 1. The summed E-state index contributed by atoms with van der Waals surface area (Å²) in [5, 5.41) is 13.1. The number of rotatable bonds is 6. The molecule has 5 nitrogen and oxygen atoms in total. The number of likely N-dealkylation sites (N-methyl/N-ethyl adjacent to an activating group) is 1. The number of hydrogen-bond donors (Lipinski definition) is 2. The molecular formula is C15H21ClN2O3. The number of halogens is 1. The molecule has 1 saturated heterocycles. The predicted octanol–water partition coefficient (Wildman–Crippen LogP) is 1.29. The van der Waals surface area contributed by atoms with Crippen molar-refractivity contribution in [2.75, 3.05) is 26.7 Å². The van der Waals surface area contributed by atoms with Gasteiger partial charge < -0.3 is 20.1 Å². The van der Waals surface area contributed by atoms with Gasteiger partial charge in [0.05, 0.1) is 18.8 Å². The van der Waals surface area contributed by atoms with E-state index in [0.717, 1.165) is 12.2 Å². The van der Waals surface area contributed by atoms with Gasteiger partial charge in [0.2, 0.25) is 5.91 Å². The van der Waals surface area contributed by atoms with E-state index in [4.69, 9.17) is 16.3 Å². The highest BCUT2D eigenvalue weighted by molar-refractivity contribution is 6.30. The van der Waals surface area contributed by atoms with Crippen LogP contribution in [-0.2, 0) is 4.79 Å². The van der Waals surface area contributed by atoms with Gasteiger partial charge in [0.15, 0.2) is 0 Å². The Bertz CT molecular complexity index is 484. The monoisotopic (exact) mass is 312 g/mol. The summed E-state index contributed by atoms with van der Waals surface area (Å²) in [6, 6.07) is 6.98. The Kier molecular flexibility index (Phi) is 5.85. The lowest BCUT2D eigenvalue weighted by Gasteiger charge is -2.21. The topological polar surface area (TPSA) is 61.8 Å². The third-order valence-electron chi connectivity index (χ3n) is 3.48. The van der Waals surface area contributed by atoms with Crippen molar-refractivity contribution in [1.29, 1.82) is 0 Å². The van der Waals surface area contributed by atoms with Crippen LogP contribution in [0.2, 0.25) is 5.02 Å². The van der Waals surface area contributed by atoms with Crippen molar-refractivity contribution in [1.82, 2.24) is 10.2 Å². The van der Waals surface area contributed by atoms with Gasteiger partial charge in [-0.05, 0) is 31.0 Å². The number of carbonyl (C=O) groups excluding carboxylic acids is 1. The summed E-state index contributed by atoms with van der Waals surface area (Å²) in [5.74, 6) is 0.756. The smallest absolute Gasteiger partial charge is 0.239 e. The maximum absolute atomic E-state index is 12.1. The molecule has 0 aromatic heterocycles. The minimum Gasteiger partial charge on any atom is -0.493 e. The van der Waals surface area contributed by atoms with E-state index in [1.807, 2.05) is 12.1 Å². The summed E-state index contributed by atoms with van der Waals surface area (Å²) in [6.45, 7) is 1.63. The molecule has 0 aliphatic carbocycles. The molecule has 1 aliphatic heterocycles. The summed E-state index contributed by atoms with van der Waals surface area (Å²) >= 11 is 5.87. The van der Waals surface area contributed by atoms with Gasteiger partial charge in [0.25, 0.3) is 0 Å². The van der Waals surface area contributed by atoms with E-state index in [0.29, 0.717) is 31.1 Å². The highest BCUT2D eigenvalue weighted by Gasteiger charge is 2.29. The molecule has 0 bridgehead atoms. The SMILES string of the molecule is CN(CCCOc1cccc(Cl)c1)C(=O)[C@@H]1C[C@@H](O)CN1. The number of nitrogens with one attached hydrogen (secondary N) is 1. The normalized spacial score (nSPS) is 21.3. The van der Waals surface area contributed by atoms with E-state index < -0.39 is 6.10 Å². The van der Waals surface area contributed by atoms with Crippen molar-refractivity contribution in [3.8, 4) is 5.75 Å². The number of amides is 1. The molecule has 1 fully saturated rings. The Hall–Kier alpha value is -1.30. The molecule has 1 amide bonds. The van der Waals surface area contributed by atoms with Crippen LogP contribution in [0.25, 0.3) is 0 Å². The van der Waals surface area contributed by atoms with Crippen LogP contribution >= 0.6 is 11.6 Å². The molecule has 0 saturated carbocycles. The van der Waals surface area contributed by atoms with Crippen LogP contribution in [0.5, 0.6) is 5.75 Å². The number of carbonyl (C=O) groups is 1. The van der Waals surface area contributed by atoms with Crippen molar-refractivity contribution in [3.05, 3.63) is 29.3 Å². The summed E-state index contributed by atoms with van der Waals surface area (Å²) in [6.07, 6.45) is 0.810. The summed E-state index contributed by atoms with van der Waals surface area (Å²) < 4.78 is 5.58. The van der Waals surface area contributed by atoms with Gasteiger partial charge in [-0.15, -0.1) is 0 Å². The van der Waals surface area contributed by atoms with Crippen molar-refractivity contribution >= 4 is 17.5 Å². The maximum atomic E-state index is 12.1. The van der Waals surface area contributed by atoms with Gasteiger partial charge in [-0.3, -0.25) is 4.79 Å². The van der Waals surface area contributed by atoms with E-state index in [-0.39, 0.29) is 11.9 Å². The largest absolute Gasteiger partial charge is 0.493 e. The van der Waals surface area contributed by atoms with Crippen LogP contribution < -0.4 is 10.1 Å². The third kappa shape index (κ3) is 4.88. The van der Waals surface area contributed by atoms with Gasteiger partial charge in [-0.25, -0.2) is 0 Å². The molecule has 2 N–H and O–H groups in total. The number of β-amino-alcohol motifs (C(OH)–C–C–N with tert-alkyl or cyclic N) is 1. The fraction of sp³-hybridized carbons (Fsp3) is 0.533. The molecule has 2 atom stereocenters. The second-order valence-electron chi connectivity index (χ2n) is 5.27. The molecule has 116 valence electrons. The van der Waals surface area contributed by atoms with E-state index in [9.17, 15) is 9.90 Å². The molecule has 1 aliphatic rings. The van der Waals surface area contributed by atoms with Gasteiger partial charge in [0, 0.05) is 25.2 Å². The molecule has 6 heteroatoms. The van der Waals surface area contributed by atoms with Crippen LogP contribution in [0.1, 0.15) is 12.8 Å². The third-order valence-corrected chi connectivity index (χ3v) is 3.72. The Morgan fingerprint density at radius 1 is 1.57 bits per heavy atom. The quantitative estimate of drug-likeness (QED) is 0.777. The first-order valence-electron chi connectivity index (χ1n) is 7.11. The second kappa shape index (κ2) is 7.64. The zero-order valence-electron chi connectivity index (χ0n) is 12.1. The van der Waals surface area contributed by atoms with Crippen molar-refractivity contribution in [2.24, 2.45) is 0 Å². The number of aliphatic hydroxyl groups excluding tert-OH is 1. The number of benzene rings is 1. The molecule has 0 spiro atoms. The Labute approximate surface area is 129 Å². The molecule has 0 unspecified atom stereocenters. The van der Waals surface area contributed by atoms with Crippen LogP contribution in [0, 0.1) is 0 Å². The molecular weight excluding hydrogens is 292 g/mol. The second-order valence-corrected chi connectivity index (χ2v) is 5.71. The number of aliphatic hydroxyl groups is 1. The molecule has 1 heterocycles. The van der Waals surface area contributed by atoms with Gasteiger partial charge in [-0.1, -0.05) is 17.7 Å². The van der Waals surface area contributed by atoms with Gasteiger partial charge >= 0.3 is 0 Å². The Balaban J connectivity index is 1.67. The van der Waals surface area contributed by atoms with Crippen LogP contribution in [0.4, 0.5) is 0 Å². The molecule has 1 aromatic rings. The highest BCUT2D eigenvalue weighted by atomic mass is 35.5. The molecule has 21 heavy (non-hydrogen) atoms. The van der Waals surface area contributed by atoms with E-state index in [1.165, 1.54) is 0 Å². The minimum atomic E-state index is -0.418. The van der Waals surface area contributed by atoms with Gasteiger partial charge in [0.1, 0.15) is 5.75 Å².